The van der Waals surface area contributed by atoms with Gasteiger partial charge < -0.3 is 15.3 Å². The first-order chi connectivity index (χ1) is 8.13. The summed E-state index contributed by atoms with van der Waals surface area (Å²) in [6, 6.07) is 0. The van der Waals surface area contributed by atoms with Gasteiger partial charge >= 0.3 is 0 Å². The first-order valence-electron chi connectivity index (χ1n) is 7.22. The number of aliphatic hydroxyl groups excluding tert-OH is 2. The molecular weight excluding hydrogens is 228 g/mol. The molecule has 0 heterocycles. The summed E-state index contributed by atoms with van der Waals surface area (Å²) in [5.74, 6) is 0.589. The maximum Gasteiger partial charge on any atom is 0.0992 e. The van der Waals surface area contributed by atoms with Gasteiger partial charge in [0, 0.05) is 11.8 Å². The van der Waals surface area contributed by atoms with Crippen LogP contribution in [0.1, 0.15) is 47.0 Å². The van der Waals surface area contributed by atoms with Gasteiger partial charge in [0.25, 0.3) is 0 Å². The first-order valence-corrected chi connectivity index (χ1v) is 7.22. The number of rotatable bonds is 0. The second-order valence-electron chi connectivity index (χ2n) is 8.05. The molecule has 0 saturated heterocycles. The van der Waals surface area contributed by atoms with E-state index in [2.05, 4.69) is 20.8 Å². The molecule has 3 fully saturated rings. The zero-order valence-electron chi connectivity index (χ0n) is 11.8. The summed E-state index contributed by atoms with van der Waals surface area (Å²) >= 11 is 0. The average molecular weight is 254 g/mol. The van der Waals surface area contributed by atoms with E-state index in [-0.39, 0.29) is 22.7 Å². The highest BCUT2D eigenvalue weighted by molar-refractivity contribution is 5.23. The van der Waals surface area contributed by atoms with E-state index >= 15 is 0 Å². The van der Waals surface area contributed by atoms with Gasteiger partial charge in [0.1, 0.15) is 0 Å². The summed E-state index contributed by atoms with van der Waals surface area (Å²) in [5, 5.41) is 31.7. The van der Waals surface area contributed by atoms with Crippen LogP contribution < -0.4 is 0 Å². The van der Waals surface area contributed by atoms with E-state index < -0.39 is 17.8 Å². The van der Waals surface area contributed by atoms with E-state index in [0.29, 0.717) is 12.3 Å². The lowest BCUT2D eigenvalue weighted by Crippen LogP contribution is -2.49. The topological polar surface area (TPSA) is 60.7 Å². The Labute approximate surface area is 109 Å². The van der Waals surface area contributed by atoms with Crippen LogP contribution in [-0.2, 0) is 0 Å². The highest BCUT2D eigenvalue weighted by atomic mass is 16.4. The Morgan fingerprint density at radius 1 is 1.00 bits per heavy atom. The van der Waals surface area contributed by atoms with Crippen LogP contribution in [0.2, 0.25) is 0 Å². The molecule has 3 aliphatic carbocycles. The summed E-state index contributed by atoms with van der Waals surface area (Å²) in [4.78, 5) is 0. The number of fused-ring (bicyclic) bond motifs is 3. The van der Waals surface area contributed by atoms with Crippen molar-refractivity contribution in [1.82, 2.24) is 0 Å². The van der Waals surface area contributed by atoms with Gasteiger partial charge in [-0.25, -0.2) is 0 Å². The van der Waals surface area contributed by atoms with Crippen LogP contribution in [0.25, 0.3) is 0 Å². The predicted molar refractivity (Wildman–Crippen MR) is 68.8 cm³/mol. The third-order valence-electron chi connectivity index (χ3n) is 6.72. The molecule has 7 atom stereocenters. The van der Waals surface area contributed by atoms with Crippen molar-refractivity contribution in [3.05, 3.63) is 0 Å². The molecule has 0 aliphatic heterocycles. The lowest BCUT2D eigenvalue weighted by molar-refractivity contribution is -0.123. The van der Waals surface area contributed by atoms with Gasteiger partial charge in [-0.15, -0.1) is 0 Å². The summed E-state index contributed by atoms with van der Waals surface area (Å²) in [6.45, 7) is 8.61. The van der Waals surface area contributed by atoms with Crippen LogP contribution in [0.5, 0.6) is 0 Å². The Bertz CT molecular complexity index is 380. The van der Waals surface area contributed by atoms with Crippen molar-refractivity contribution in [3.63, 3.8) is 0 Å². The normalized spacial score (nSPS) is 61.8. The van der Waals surface area contributed by atoms with Crippen LogP contribution in [-0.4, -0.2) is 33.1 Å². The Morgan fingerprint density at radius 2 is 1.61 bits per heavy atom. The molecule has 0 aromatic carbocycles. The molecule has 0 aromatic rings. The zero-order valence-corrected chi connectivity index (χ0v) is 11.8. The van der Waals surface area contributed by atoms with Crippen LogP contribution in [0.15, 0.2) is 0 Å². The van der Waals surface area contributed by atoms with E-state index in [1.54, 1.807) is 0 Å². The third kappa shape index (κ3) is 1.21. The summed E-state index contributed by atoms with van der Waals surface area (Å²) in [7, 11) is 0. The summed E-state index contributed by atoms with van der Waals surface area (Å²) in [6.07, 6.45) is 1.21. The molecule has 3 saturated carbocycles. The van der Waals surface area contributed by atoms with Crippen molar-refractivity contribution < 1.29 is 15.3 Å². The largest absolute Gasteiger partial charge is 0.393 e. The predicted octanol–water partition coefficient (Wildman–Crippen LogP) is 1.55. The molecule has 0 spiro atoms. The smallest absolute Gasteiger partial charge is 0.0992 e. The van der Waals surface area contributed by atoms with Gasteiger partial charge in [-0.05, 0) is 36.0 Å². The van der Waals surface area contributed by atoms with Crippen molar-refractivity contribution >= 4 is 0 Å². The number of hydrogen-bond acceptors (Lipinski definition) is 3. The minimum atomic E-state index is -1.09. The van der Waals surface area contributed by atoms with E-state index in [1.807, 2.05) is 6.92 Å². The Balaban J connectivity index is 2.06. The molecule has 3 heteroatoms. The molecule has 0 bridgehead atoms. The zero-order chi connectivity index (χ0) is 13.5. The SMILES string of the molecule is CC1C(O)CC2(O)C(O)C3CC(C)(C)CC3C12C. The second kappa shape index (κ2) is 3.31. The second-order valence-corrected chi connectivity index (χ2v) is 8.05. The lowest BCUT2D eigenvalue weighted by atomic mass is 9.66. The van der Waals surface area contributed by atoms with Crippen molar-refractivity contribution in [2.75, 3.05) is 0 Å². The Hall–Kier alpha value is -0.120. The van der Waals surface area contributed by atoms with E-state index in [0.717, 1.165) is 12.8 Å². The minimum absolute atomic E-state index is 0.0565. The summed E-state index contributed by atoms with van der Waals surface area (Å²) in [5.41, 5.74) is -1.18. The molecule has 18 heavy (non-hydrogen) atoms. The standard InChI is InChI=1S/C15H26O3/c1-8-11(16)7-15(18)12(17)9-5-13(2,3)6-10(9)14(8,15)4/h8-12,16-18H,5-7H2,1-4H3. The Morgan fingerprint density at radius 3 is 2.22 bits per heavy atom. The van der Waals surface area contributed by atoms with Crippen LogP contribution in [0.4, 0.5) is 0 Å². The minimum Gasteiger partial charge on any atom is -0.393 e. The van der Waals surface area contributed by atoms with Crippen molar-refractivity contribution in [2.24, 2.45) is 28.6 Å². The van der Waals surface area contributed by atoms with Crippen molar-refractivity contribution in [3.8, 4) is 0 Å². The molecule has 0 radical (unpaired) electrons. The fourth-order valence-corrected chi connectivity index (χ4v) is 5.56. The molecule has 3 rings (SSSR count). The molecule has 3 nitrogen and oxygen atoms in total. The third-order valence-corrected chi connectivity index (χ3v) is 6.72. The highest BCUT2D eigenvalue weighted by Crippen LogP contribution is 2.70. The first kappa shape index (κ1) is 12.9. The van der Waals surface area contributed by atoms with E-state index in [9.17, 15) is 15.3 Å². The molecule has 7 unspecified atom stereocenters. The lowest BCUT2D eigenvalue weighted by Gasteiger charge is -2.42. The van der Waals surface area contributed by atoms with Gasteiger partial charge in [0.15, 0.2) is 0 Å². The maximum absolute atomic E-state index is 11.0. The quantitative estimate of drug-likeness (QED) is 0.614. The van der Waals surface area contributed by atoms with E-state index in [4.69, 9.17) is 0 Å². The average Bonchev–Trinajstić information content (AvgIpc) is 2.72. The van der Waals surface area contributed by atoms with Crippen molar-refractivity contribution in [2.45, 2.75) is 64.8 Å². The molecule has 3 aliphatic rings. The monoisotopic (exact) mass is 254 g/mol. The van der Waals surface area contributed by atoms with Crippen LogP contribution >= 0.6 is 0 Å². The fraction of sp³-hybridized carbons (Fsp3) is 1.00. The van der Waals surface area contributed by atoms with Crippen LogP contribution in [0, 0.1) is 28.6 Å². The van der Waals surface area contributed by atoms with Crippen LogP contribution in [0.3, 0.4) is 0 Å². The highest BCUT2D eigenvalue weighted by Gasteiger charge is 2.74. The van der Waals surface area contributed by atoms with Gasteiger partial charge in [-0.3, -0.25) is 0 Å². The molecule has 0 amide bonds. The molecular formula is C15H26O3. The molecule has 3 N–H and O–H groups in total. The maximum atomic E-state index is 11.0. The van der Waals surface area contributed by atoms with Gasteiger partial charge in [-0.1, -0.05) is 27.7 Å². The number of aliphatic hydroxyl groups is 3. The van der Waals surface area contributed by atoms with Gasteiger partial charge in [0.2, 0.25) is 0 Å². The van der Waals surface area contributed by atoms with Gasteiger partial charge in [0.05, 0.1) is 17.8 Å². The molecule has 104 valence electrons. The van der Waals surface area contributed by atoms with Crippen molar-refractivity contribution in [1.29, 1.82) is 0 Å². The fourth-order valence-electron chi connectivity index (χ4n) is 5.56. The molecule has 0 aromatic heterocycles. The Kier molecular flexibility index (Phi) is 2.37. The van der Waals surface area contributed by atoms with Gasteiger partial charge in [-0.2, -0.15) is 0 Å². The number of hydrogen-bond donors (Lipinski definition) is 3. The van der Waals surface area contributed by atoms with E-state index in [1.165, 1.54) is 0 Å². The summed E-state index contributed by atoms with van der Waals surface area (Å²) < 4.78 is 0.